The second-order valence-electron chi connectivity index (χ2n) is 5.46. The van der Waals surface area contributed by atoms with Crippen LogP contribution in [0, 0.1) is 5.82 Å². The summed E-state index contributed by atoms with van der Waals surface area (Å²) in [5.74, 6) is 1.54. The van der Waals surface area contributed by atoms with Crippen LogP contribution in [0.15, 0.2) is 47.9 Å². The van der Waals surface area contributed by atoms with Crippen LogP contribution < -0.4 is 0 Å². The van der Waals surface area contributed by atoms with Crippen LogP contribution in [0.5, 0.6) is 0 Å². The Kier molecular flexibility index (Phi) is 5.48. The molecule has 0 spiro atoms. The first-order chi connectivity index (χ1) is 11.7. The first-order valence-electron chi connectivity index (χ1n) is 8.16. The standard InChI is InChI=1S/C18H21FN4S/c1-3-22(4-2)11-12-24-18-20-9-7-17(21-18)23-10-8-14-13-15(19)5-6-16(14)23/h5-10,13H,3-4,11-12H2,1-2H3. The second kappa shape index (κ2) is 7.77. The average molecular weight is 344 g/mol. The molecular weight excluding hydrogens is 323 g/mol. The van der Waals surface area contributed by atoms with Crippen molar-refractivity contribution in [2.45, 2.75) is 19.0 Å². The Morgan fingerprint density at radius 2 is 2.00 bits per heavy atom. The smallest absolute Gasteiger partial charge is 0.189 e. The number of nitrogens with zero attached hydrogens (tertiary/aromatic N) is 4. The number of fused-ring (bicyclic) bond motifs is 1. The van der Waals surface area contributed by atoms with E-state index in [9.17, 15) is 4.39 Å². The lowest BCUT2D eigenvalue weighted by molar-refractivity contribution is 0.324. The number of hydrogen-bond donors (Lipinski definition) is 0. The molecule has 0 amide bonds. The molecule has 0 fully saturated rings. The number of hydrogen-bond acceptors (Lipinski definition) is 4. The highest BCUT2D eigenvalue weighted by molar-refractivity contribution is 7.99. The molecule has 0 atom stereocenters. The van der Waals surface area contributed by atoms with Gasteiger partial charge in [-0.25, -0.2) is 14.4 Å². The van der Waals surface area contributed by atoms with E-state index in [4.69, 9.17) is 0 Å². The van der Waals surface area contributed by atoms with Crippen LogP contribution in [0.1, 0.15) is 13.8 Å². The third-order valence-corrected chi connectivity index (χ3v) is 4.89. The van der Waals surface area contributed by atoms with Crippen molar-refractivity contribution < 1.29 is 4.39 Å². The van der Waals surface area contributed by atoms with E-state index in [1.54, 1.807) is 24.0 Å². The quantitative estimate of drug-likeness (QED) is 0.479. The summed E-state index contributed by atoms with van der Waals surface area (Å²) in [7, 11) is 0. The van der Waals surface area contributed by atoms with Crippen LogP contribution in [-0.2, 0) is 0 Å². The predicted molar refractivity (Wildman–Crippen MR) is 97.3 cm³/mol. The van der Waals surface area contributed by atoms with E-state index in [2.05, 4.69) is 28.7 Å². The van der Waals surface area contributed by atoms with E-state index in [-0.39, 0.29) is 5.82 Å². The van der Waals surface area contributed by atoms with Crippen LogP contribution in [0.2, 0.25) is 0 Å². The van der Waals surface area contributed by atoms with Gasteiger partial charge in [-0.3, -0.25) is 0 Å². The summed E-state index contributed by atoms with van der Waals surface area (Å²) in [6, 6.07) is 8.55. The van der Waals surface area contributed by atoms with Gasteiger partial charge in [0.25, 0.3) is 0 Å². The highest BCUT2D eigenvalue weighted by Gasteiger charge is 2.07. The largest absolute Gasteiger partial charge is 0.303 e. The van der Waals surface area contributed by atoms with E-state index >= 15 is 0 Å². The highest BCUT2D eigenvalue weighted by atomic mass is 32.2. The average Bonchev–Trinajstić information content (AvgIpc) is 3.02. The molecule has 6 heteroatoms. The number of thioether (sulfide) groups is 1. The van der Waals surface area contributed by atoms with Crippen LogP contribution in [-0.4, -0.2) is 44.8 Å². The normalized spacial score (nSPS) is 11.5. The van der Waals surface area contributed by atoms with E-state index in [0.29, 0.717) is 0 Å². The van der Waals surface area contributed by atoms with E-state index in [1.165, 1.54) is 12.1 Å². The van der Waals surface area contributed by atoms with Crippen molar-refractivity contribution in [1.82, 2.24) is 19.4 Å². The first kappa shape index (κ1) is 16.9. The fraction of sp³-hybridized carbons (Fsp3) is 0.333. The van der Waals surface area contributed by atoms with Gasteiger partial charge >= 0.3 is 0 Å². The van der Waals surface area contributed by atoms with Crippen molar-refractivity contribution in [2.75, 3.05) is 25.4 Å². The lowest BCUT2D eigenvalue weighted by Gasteiger charge is -2.16. The molecule has 0 aliphatic rings. The lowest BCUT2D eigenvalue weighted by atomic mass is 10.2. The summed E-state index contributed by atoms with van der Waals surface area (Å²) in [4.78, 5) is 11.4. The van der Waals surface area contributed by atoms with Gasteiger partial charge < -0.3 is 9.47 Å². The van der Waals surface area contributed by atoms with Gasteiger partial charge in [-0.2, -0.15) is 0 Å². The van der Waals surface area contributed by atoms with Crippen molar-refractivity contribution in [3.63, 3.8) is 0 Å². The molecule has 1 aromatic carbocycles. The maximum Gasteiger partial charge on any atom is 0.189 e. The maximum absolute atomic E-state index is 13.3. The van der Waals surface area contributed by atoms with Gasteiger partial charge in [-0.1, -0.05) is 25.6 Å². The zero-order valence-corrected chi connectivity index (χ0v) is 14.8. The van der Waals surface area contributed by atoms with E-state index in [0.717, 1.165) is 47.3 Å². The molecule has 0 unspecified atom stereocenters. The van der Waals surface area contributed by atoms with Crippen molar-refractivity contribution in [3.05, 3.63) is 48.5 Å². The van der Waals surface area contributed by atoms with Crippen molar-refractivity contribution in [2.24, 2.45) is 0 Å². The zero-order valence-electron chi connectivity index (χ0n) is 13.9. The zero-order chi connectivity index (χ0) is 16.9. The minimum atomic E-state index is -0.226. The van der Waals surface area contributed by atoms with Gasteiger partial charge in [0.15, 0.2) is 5.16 Å². The molecule has 126 valence electrons. The summed E-state index contributed by atoms with van der Waals surface area (Å²) in [6.45, 7) is 7.49. The number of halogens is 1. The van der Waals surface area contributed by atoms with Crippen LogP contribution in [0.25, 0.3) is 16.7 Å². The van der Waals surface area contributed by atoms with Gasteiger partial charge in [-0.05, 0) is 43.4 Å². The Morgan fingerprint density at radius 1 is 1.17 bits per heavy atom. The molecule has 0 saturated heterocycles. The Balaban J connectivity index is 1.77. The fourth-order valence-electron chi connectivity index (χ4n) is 2.65. The molecule has 0 bridgehead atoms. The first-order valence-corrected chi connectivity index (χ1v) is 9.15. The number of benzene rings is 1. The minimum absolute atomic E-state index is 0.226. The summed E-state index contributed by atoms with van der Waals surface area (Å²) in [5.41, 5.74) is 0.939. The third kappa shape index (κ3) is 3.76. The molecule has 0 saturated carbocycles. The molecule has 2 heterocycles. The summed E-state index contributed by atoms with van der Waals surface area (Å²) in [5, 5.41) is 1.63. The summed E-state index contributed by atoms with van der Waals surface area (Å²) < 4.78 is 15.3. The molecular formula is C18H21FN4S. The molecule has 24 heavy (non-hydrogen) atoms. The molecule has 0 aliphatic heterocycles. The Labute approximate surface area is 145 Å². The van der Waals surface area contributed by atoms with Crippen molar-refractivity contribution in [3.8, 4) is 5.82 Å². The van der Waals surface area contributed by atoms with Gasteiger partial charge in [0, 0.05) is 30.1 Å². The predicted octanol–water partition coefficient (Wildman–Crippen LogP) is 3.99. The Morgan fingerprint density at radius 3 is 2.79 bits per heavy atom. The summed E-state index contributed by atoms with van der Waals surface area (Å²) >= 11 is 1.66. The van der Waals surface area contributed by atoms with Crippen LogP contribution >= 0.6 is 11.8 Å². The monoisotopic (exact) mass is 344 g/mol. The van der Waals surface area contributed by atoms with Gasteiger partial charge in [0.1, 0.15) is 11.6 Å². The van der Waals surface area contributed by atoms with Crippen molar-refractivity contribution >= 4 is 22.7 Å². The molecule has 4 nitrogen and oxygen atoms in total. The summed E-state index contributed by atoms with van der Waals surface area (Å²) in [6.07, 6.45) is 3.69. The van der Waals surface area contributed by atoms with Gasteiger partial charge in [0.05, 0.1) is 5.52 Å². The van der Waals surface area contributed by atoms with Crippen LogP contribution in [0.4, 0.5) is 4.39 Å². The molecule has 0 N–H and O–H groups in total. The maximum atomic E-state index is 13.3. The number of rotatable bonds is 7. The lowest BCUT2D eigenvalue weighted by Crippen LogP contribution is -2.25. The Bertz CT molecular complexity index is 814. The SMILES string of the molecule is CCN(CC)CCSc1nccc(-n2ccc3cc(F)ccc32)n1. The minimum Gasteiger partial charge on any atom is -0.303 e. The second-order valence-corrected chi connectivity index (χ2v) is 6.52. The fourth-order valence-corrected chi connectivity index (χ4v) is 3.48. The molecule has 3 aromatic rings. The number of aromatic nitrogens is 3. The molecule has 2 aromatic heterocycles. The third-order valence-electron chi connectivity index (χ3n) is 4.05. The molecule has 3 rings (SSSR count). The molecule has 0 aliphatic carbocycles. The van der Waals surface area contributed by atoms with Crippen molar-refractivity contribution in [1.29, 1.82) is 0 Å². The van der Waals surface area contributed by atoms with Gasteiger partial charge in [-0.15, -0.1) is 0 Å². The van der Waals surface area contributed by atoms with Gasteiger partial charge in [0.2, 0.25) is 0 Å². The topological polar surface area (TPSA) is 34.0 Å². The highest BCUT2D eigenvalue weighted by Crippen LogP contribution is 2.21. The molecule has 0 radical (unpaired) electrons. The van der Waals surface area contributed by atoms with E-state index < -0.39 is 0 Å². The van der Waals surface area contributed by atoms with E-state index in [1.807, 2.05) is 22.9 Å². The van der Waals surface area contributed by atoms with Crippen LogP contribution in [0.3, 0.4) is 0 Å². The Hall–Kier alpha value is -1.92.